The first-order chi connectivity index (χ1) is 16.1. The fourth-order valence-electron chi connectivity index (χ4n) is 4.44. The van der Waals surface area contributed by atoms with Gasteiger partial charge in [-0.1, -0.05) is 12.1 Å². The second kappa shape index (κ2) is 7.62. The number of carbonyl (C=O) groups excluding carboxylic acids is 1. The SMILES string of the molecule is Cc1cc(C(=O)O)cc(-c2nc(CC(=O)C3(c4ccc5c(c4)OC(F)(F)O5)CC3)ccc2C)c1. The van der Waals surface area contributed by atoms with Gasteiger partial charge in [-0.2, -0.15) is 0 Å². The summed E-state index contributed by atoms with van der Waals surface area (Å²) in [6.07, 6.45) is -2.42. The highest BCUT2D eigenvalue weighted by Gasteiger charge is 2.52. The van der Waals surface area contributed by atoms with E-state index in [0.29, 0.717) is 35.4 Å². The van der Waals surface area contributed by atoms with E-state index in [-0.39, 0.29) is 29.3 Å². The van der Waals surface area contributed by atoms with Gasteiger partial charge in [0.1, 0.15) is 5.78 Å². The van der Waals surface area contributed by atoms with Crippen molar-refractivity contribution in [2.24, 2.45) is 0 Å². The number of aromatic nitrogens is 1. The van der Waals surface area contributed by atoms with E-state index in [1.165, 1.54) is 12.1 Å². The van der Waals surface area contributed by atoms with Crippen molar-refractivity contribution < 1.29 is 33.0 Å². The zero-order valence-electron chi connectivity index (χ0n) is 18.5. The molecule has 2 aromatic carbocycles. The van der Waals surface area contributed by atoms with Gasteiger partial charge in [0.05, 0.1) is 16.7 Å². The Labute approximate surface area is 194 Å². The van der Waals surface area contributed by atoms with E-state index in [1.807, 2.05) is 26.0 Å². The molecular formula is C26H21F2NO5. The number of halogens is 2. The normalized spacial score (nSPS) is 16.8. The van der Waals surface area contributed by atoms with E-state index in [0.717, 1.165) is 11.1 Å². The van der Waals surface area contributed by atoms with Crippen molar-refractivity contribution in [1.29, 1.82) is 0 Å². The molecule has 34 heavy (non-hydrogen) atoms. The monoisotopic (exact) mass is 465 g/mol. The molecule has 0 spiro atoms. The molecule has 0 saturated heterocycles. The molecule has 8 heteroatoms. The number of ether oxygens (including phenoxy) is 2. The first-order valence-electron chi connectivity index (χ1n) is 10.8. The van der Waals surface area contributed by atoms with Crippen LogP contribution in [0.25, 0.3) is 11.3 Å². The molecule has 174 valence electrons. The third-order valence-corrected chi connectivity index (χ3v) is 6.33. The van der Waals surface area contributed by atoms with Crippen LogP contribution < -0.4 is 9.47 Å². The molecule has 3 aromatic rings. The van der Waals surface area contributed by atoms with Gasteiger partial charge in [0, 0.05) is 17.7 Å². The molecular weight excluding hydrogens is 444 g/mol. The smallest absolute Gasteiger partial charge is 0.478 e. The quantitative estimate of drug-likeness (QED) is 0.537. The van der Waals surface area contributed by atoms with Crippen molar-refractivity contribution in [2.75, 3.05) is 0 Å². The predicted octanol–water partition coefficient (Wildman–Crippen LogP) is 5.23. The van der Waals surface area contributed by atoms with Crippen molar-refractivity contribution in [3.05, 3.63) is 76.5 Å². The van der Waals surface area contributed by atoms with Gasteiger partial charge in [-0.05, 0) is 79.8 Å². The highest BCUT2D eigenvalue weighted by atomic mass is 19.3. The number of rotatable bonds is 6. The lowest BCUT2D eigenvalue weighted by atomic mass is 9.88. The van der Waals surface area contributed by atoms with Crippen molar-refractivity contribution in [2.45, 2.75) is 44.8 Å². The van der Waals surface area contributed by atoms with Crippen LogP contribution in [0.5, 0.6) is 11.5 Å². The Morgan fingerprint density at radius 1 is 1.00 bits per heavy atom. The third kappa shape index (κ3) is 3.89. The number of fused-ring (bicyclic) bond motifs is 1. The van der Waals surface area contributed by atoms with Gasteiger partial charge in [0.15, 0.2) is 11.5 Å². The van der Waals surface area contributed by atoms with Crippen molar-refractivity contribution >= 4 is 11.8 Å². The molecule has 0 radical (unpaired) electrons. The van der Waals surface area contributed by atoms with Crippen LogP contribution in [0.4, 0.5) is 8.78 Å². The van der Waals surface area contributed by atoms with Crippen molar-refractivity contribution in [1.82, 2.24) is 4.98 Å². The van der Waals surface area contributed by atoms with E-state index in [9.17, 15) is 23.5 Å². The molecule has 1 saturated carbocycles. The van der Waals surface area contributed by atoms with E-state index in [1.54, 1.807) is 24.3 Å². The molecule has 0 amide bonds. The standard InChI is InChI=1S/C26H21F2NO5/c1-14-9-16(11-17(10-14)24(31)32)23-15(2)3-5-19(29-23)13-22(30)25(7-8-25)18-4-6-20-21(12-18)34-26(27,28)33-20/h3-6,9-12H,7-8,13H2,1-2H3,(H,31,32). The average Bonchev–Trinajstić information content (AvgIpc) is 3.51. The number of Topliss-reactive ketones (excluding diaryl/α,β-unsaturated/α-hetero) is 1. The predicted molar refractivity (Wildman–Crippen MR) is 118 cm³/mol. The first kappa shape index (κ1) is 22.0. The Balaban J connectivity index is 1.42. The summed E-state index contributed by atoms with van der Waals surface area (Å²) in [6, 6.07) is 13.1. The minimum Gasteiger partial charge on any atom is -0.478 e. The van der Waals surface area contributed by atoms with E-state index < -0.39 is 17.7 Å². The number of hydrogen-bond donors (Lipinski definition) is 1. The summed E-state index contributed by atoms with van der Waals surface area (Å²) in [5.41, 5.74) is 3.52. The van der Waals surface area contributed by atoms with Crippen LogP contribution in [-0.4, -0.2) is 28.1 Å². The maximum Gasteiger partial charge on any atom is 0.586 e. The largest absolute Gasteiger partial charge is 0.586 e. The summed E-state index contributed by atoms with van der Waals surface area (Å²) in [6.45, 7) is 3.69. The minimum atomic E-state index is -3.71. The fourth-order valence-corrected chi connectivity index (χ4v) is 4.44. The molecule has 6 nitrogen and oxygen atoms in total. The molecule has 1 fully saturated rings. The van der Waals surface area contributed by atoms with Crippen molar-refractivity contribution in [3.8, 4) is 22.8 Å². The highest BCUT2D eigenvalue weighted by molar-refractivity contribution is 5.94. The number of benzene rings is 2. The Morgan fingerprint density at radius 2 is 1.74 bits per heavy atom. The number of pyridine rings is 1. The maximum absolute atomic E-state index is 13.4. The molecule has 1 aliphatic heterocycles. The number of carboxylic acid groups (broad SMARTS) is 1. The Morgan fingerprint density at radius 3 is 2.44 bits per heavy atom. The molecule has 0 bridgehead atoms. The summed E-state index contributed by atoms with van der Waals surface area (Å²) in [5, 5.41) is 9.39. The van der Waals surface area contributed by atoms with Crippen LogP contribution in [0.3, 0.4) is 0 Å². The number of carbonyl (C=O) groups is 2. The molecule has 5 rings (SSSR count). The van der Waals surface area contributed by atoms with E-state index >= 15 is 0 Å². The lowest BCUT2D eigenvalue weighted by Crippen LogP contribution is -2.26. The van der Waals surface area contributed by atoms with Crippen LogP contribution in [0.15, 0.2) is 48.5 Å². The molecule has 0 unspecified atom stereocenters. The molecule has 1 aliphatic carbocycles. The summed E-state index contributed by atoms with van der Waals surface area (Å²) in [5.74, 6) is -1.21. The maximum atomic E-state index is 13.4. The third-order valence-electron chi connectivity index (χ3n) is 6.33. The van der Waals surface area contributed by atoms with E-state index in [4.69, 9.17) is 0 Å². The number of hydrogen-bond acceptors (Lipinski definition) is 5. The van der Waals surface area contributed by atoms with Crippen LogP contribution in [-0.2, 0) is 16.6 Å². The summed E-state index contributed by atoms with van der Waals surface area (Å²) in [4.78, 5) is 29.5. The zero-order chi connectivity index (χ0) is 24.3. The summed E-state index contributed by atoms with van der Waals surface area (Å²) < 4.78 is 35.8. The number of ketones is 1. The summed E-state index contributed by atoms with van der Waals surface area (Å²) >= 11 is 0. The van der Waals surface area contributed by atoms with Crippen molar-refractivity contribution in [3.63, 3.8) is 0 Å². The number of aromatic carboxylic acids is 1. The summed E-state index contributed by atoms with van der Waals surface area (Å²) in [7, 11) is 0. The van der Waals surface area contributed by atoms with Gasteiger partial charge < -0.3 is 14.6 Å². The topological polar surface area (TPSA) is 85.7 Å². The van der Waals surface area contributed by atoms with Crippen LogP contribution in [0, 0.1) is 13.8 Å². The Bertz CT molecular complexity index is 1350. The van der Waals surface area contributed by atoms with Gasteiger partial charge in [-0.15, -0.1) is 8.78 Å². The van der Waals surface area contributed by atoms with Gasteiger partial charge >= 0.3 is 12.3 Å². The van der Waals surface area contributed by atoms with Crippen LogP contribution >= 0.6 is 0 Å². The fraction of sp³-hybridized carbons (Fsp3) is 0.269. The highest BCUT2D eigenvalue weighted by Crippen LogP contribution is 2.52. The van der Waals surface area contributed by atoms with Gasteiger partial charge in [-0.3, -0.25) is 9.78 Å². The number of alkyl halides is 2. The lowest BCUT2D eigenvalue weighted by Gasteiger charge is -2.16. The molecule has 1 N–H and O–H groups in total. The Hall–Kier alpha value is -3.81. The second-order valence-electron chi connectivity index (χ2n) is 8.87. The van der Waals surface area contributed by atoms with Crippen LogP contribution in [0.2, 0.25) is 0 Å². The number of nitrogens with zero attached hydrogens (tertiary/aromatic N) is 1. The number of carboxylic acids is 1. The molecule has 2 aliphatic rings. The average molecular weight is 465 g/mol. The Kier molecular flexibility index (Phi) is 4.93. The zero-order valence-corrected chi connectivity index (χ0v) is 18.5. The minimum absolute atomic E-state index is 0.0549. The first-order valence-corrected chi connectivity index (χ1v) is 10.8. The molecule has 1 aromatic heterocycles. The molecule has 0 atom stereocenters. The van der Waals surface area contributed by atoms with Gasteiger partial charge in [0.2, 0.25) is 0 Å². The van der Waals surface area contributed by atoms with E-state index in [2.05, 4.69) is 14.5 Å². The van der Waals surface area contributed by atoms with Gasteiger partial charge in [-0.25, -0.2) is 4.79 Å². The lowest BCUT2D eigenvalue weighted by molar-refractivity contribution is -0.286. The second-order valence-corrected chi connectivity index (χ2v) is 8.87. The number of aryl methyl sites for hydroxylation is 2. The van der Waals surface area contributed by atoms with Gasteiger partial charge in [0.25, 0.3) is 0 Å². The molecule has 2 heterocycles. The van der Waals surface area contributed by atoms with Crippen LogP contribution in [0.1, 0.15) is 45.6 Å².